The van der Waals surface area contributed by atoms with Crippen LogP contribution in [0.15, 0.2) is 23.6 Å². The molecule has 1 amide bonds. The lowest BCUT2D eigenvalue weighted by Crippen LogP contribution is -2.14. The minimum absolute atomic E-state index is 0.136. The Bertz CT molecular complexity index is 1300. The van der Waals surface area contributed by atoms with Gasteiger partial charge < -0.3 is 5.32 Å². The van der Waals surface area contributed by atoms with E-state index >= 15 is 0 Å². The normalized spacial score (nSPS) is 13.7. The molecule has 0 saturated heterocycles. The van der Waals surface area contributed by atoms with Gasteiger partial charge in [0.2, 0.25) is 5.91 Å². The summed E-state index contributed by atoms with van der Waals surface area (Å²) in [6.45, 7) is 0. The van der Waals surface area contributed by atoms with Gasteiger partial charge in [-0.3, -0.25) is 9.20 Å². The van der Waals surface area contributed by atoms with Crippen LogP contribution in [0.1, 0.15) is 23.3 Å². The third-order valence-corrected chi connectivity index (χ3v) is 8.13. The van der Waals surface area contributed by atoms with E-state index in [4.69, 9.17) is 34.8 Å². The molecule has 0 atom stereocenters. The number of thiophene rings is 1. The molecule has 6 nitrogen and oxygen atoms in total. The van der Waals surface area contributed by atoms with Gasteiger partial charge in [-0.15, -0.1) is 21.5 Å². The van der Waals surface area contributed by atoms with Crippen molar-refractivity contribution in [3.63, 3.8) is 0 Å². The molecule has 4 aromatic rings. The fraction of sp³-hybridized carbons (Fsp3) is 0.263. The first kappa shape index (κ1) is 20.3. The Labute approximate surface area is 194 Å². The second kappa shape index (κ2) is 8.16. The number of benzene rings is 1. The Kier molecular flexibility index (Phi) is 5.53. The molecule has 1 aromatic carbocycles. The molecule has 0 spiro atoms. The highest BCUT2D eigenvalue weighted by atomic mass is 35.5. The number of carbonyl (C=O) groups excluding carboxylic acids is 1. The molecule has 5 rings (SSSR count). The predicted octanol–water partition coefficient (Wildman–Crippen LogP) is 5.91. The number of aromatic nitrogens is 4. The van der Waals surface area contributed by atoms with Crippen molar-refractivity contribution < 1.29 is 4.79 Å². The quantitative estimate of drug-likeness (QED) is 0.280. The Morgan fingerprint density at radius 3 is 2.80 bits per heavy atom. The summed E-state index contributed by atoms with van der Waals surface area (Å²) in [5, 5.41) is 14.1. The van der Waals surface area contributed by atoms with Crippen LogP contribution in [0.2, 0.25) is 15.1 Å². The fourth-order valence-corrected chi connectivity index (χ4v) is 6.09. The van der Waals surface area contributed by atoms with E-state index in [0.29, 0.717) is 25.9 Å². The van der Waals surface area contributed by atoms with Crippen molar-refractivity contribution in [3.8, 4) is 0 Å². The average Bonchev–Trinajstić information content (AvgIpc) is 3.31. The number of hydrogen-bond donors (Lipinski definition) is 1. The molecule has 0 saturated carbocycles. The molecule has 3 aromatic heterocycles. The summed E-state index contributed by atoms with van der Waals surface area (Å²) in [5.74, 6) is -0.101. The summed E-state index contributed by atoms with van der Waals surface area (Å²) >= 11 is 21.1. The maximum atomic E-state index is 12.4. The van der Waals surface area contributed by atoms with Crippen molar-refractivity contribution >= 4 is 85.4 Å². The van der Waals surface area contributed by atoms with Crippen molar-refractivity contribution in [2.24, 2.45) is 0 Å². The minimum Gasteiger partial charge on any atom is -0.324 e. The van der Waals surface area contributed by atoms with Gasteiger partial charge in [0.15, 0.2) is 10.8 Å². The van der Waals surface area contributed by atoms with Crippen molar-refractivity contribution in [1.82, 2.24) is 19.6 Å². The average molecular weight is 499 g/mol. The molecule has 1 N–H and O–H groups in total. The molecule has 1 aliphatic carbocycles. The molecule has 3 heterocycles. The summed E-state index contributed by atoms with van der Waals surface area (Å²) < 4.78 is 1.86. The number of amides is 1. The Morgan fingerprint density at radius 2 is 1.93 bits per heavy atom. The van der Waals surface area contributed by atoms with Crippen LogP contribution in [0, 0.1) is 0 Å². The summed E-state index contributed by atoms with van der Waals surface area (Å²) in [5.41, 5.74) is 2.57. The van der Waals surface area contributed by atoms with Crippen LogP contribution in [-0.2, 0) is 17.6 Å². The van der Waals surface area contributed by atoms with Crippen LogP contribution >= 0.6 is 57.9 Å². The zero-order valence-electron chi connectivity index (χ0n) is 15.4. The highest BCUT2D eigenvalue weighted by Crippen LogP contribution is 2.37. The second-order valence-corrected chi connectivity index (χ2v) is 10.1. The molecule has 0 unspecified atom stereocenters. The Hall–Kier alpha value is -1.58. The number of nitrogens with zero attached hydrogens (tertiary/aromatic N) is 4. The van der Waals surface area contributed by atoms with E-state index in [1.54, 1.807) is 17.7 Å². The number of carbonyl (C=O) groups is 1. The summed E-state index contributed by atoms with van der Waals surface area (Å²) in [7, 11) is 0. The lowest BCUT2D eigenvalue weighted by molar-refractivity contribution is -0.113. The van der Waals surface area contributed by atoms with E-state index in [1.807, 2.05) is 4.40 Å². The topological polar surface area (TPSA) is 72.2 Å². The van der Waals surface area contributed by atoms with Crippen LogP contribution in [0.3, 0.4) is 0 Å². The van der Waals surface area contributed by atoms with Gasteiger partial charge >= 0.3 is 0 Å². The van der Waals surface area contributed by atoms with Crippen molar-refractivity contribution in [3.05, 3.63) is 44.0 Å². The number of thioether (sulfide) groups is 1. The maximum absolute atomic E-state index is 12.4. The van der Waals surface area contributed by atoms with E-state index < -0.39 is 0 Å². The smallest absolute Gasteiger partial charge is 0.234 e. The van der Waals surface area contributed by atoms with Crippen molar-refractivity contribution in [1.29, 1.82) is 0 Å². The molecular formula is C19H14Cl3N5OS2. The van der Waals surface area contributed by atoms with E-state index in [1.165, 1.54) is 47.2 Å². The SMILES string of the molecule is O=C(CSc1nnc2c3c4c(sc3ncn12)CCCC4)Nc1cc(Cl)c(Cl)cc1Cl. The van der Waals surface area contributed by atoms with Crippen LogP contribution in [0.25, 0.3) is 15.9 Å². The number of nitrogens with one attached hydrogen (secondary N) is 1. The molecule has 154 valence electrons. The number of hydrogen-bond acceptors (Lipinski definition) is 6. The van der Waals surface area contributed by atoms with Gasteiger partial charge in [0.25, 0.3) is 0 Å². The van der Waals surface area contributed by atoms with Gasteiger partial charge in [0, 0.05) is 4.88 Å². The highest BCUT2D eigenvalue weighted by Gasteiger charge is 2.21. The zero-order valence-corrected chi connectivity index (χ0v) is 19.3. The van der Waals surface area contributed by atoms with Gasteiger partial charge in [0.05, 0.1) is 31.9 Å². The molecule has 30 heavy (non-hydrogen) atoms. The first-order chi connectivity index (χ1) is 14.5. The third-order valence-electron chi connectivity index (χ3n) is 4.95. The number of halogens is 3. The van der Waals surface area contributed by atoms with Crippen LogP contribution in [0.4, 0.5) is 5.69 Å². The monoisotopic (exact) mass is 497 g/mol. The van der Waals surface area contributed by atoms with Gasteiger partial charge in [0.1, 0.15) is 11.2 Å². The second-order valence-electron chi connectivity index (χ2n) is 6.89. The summed E-state index contributed by atoms with van der Waals surface area (Å²) in [6, 6.07) is 3.03. The first-order valence-electron chi connectivity index (χ1n) is 9.22. The molecule has 0 radical (unpaired) electrons. The van der Waals surface area contributed by atoms with Gasteiger partial charge in [-0.2, -0.15) is 0 Å². The summed E-state index contributed by atoms with van der Waals surface area (Å²) in [4.78, 5) is 19.4. The molecule has 0 bridgehead atoms. The van der Waals surface area contributed by atoms with Crippen molar-refractivity contribution in [2.45, 2.75) is 30.8 Å². The van der Waals surface area contributed by atoms with Gasteiger partial charge in [-0.25, -0.2) is 4.98 Å². The minimum atomic E-state index is -0.237. The molecule has 0 fully saturated rings. The van der Waals surface area contributed by atoms with Gasteiger partial charge in [-0.05, 0) is 43.4 Å². The Morgan fingerprint density at radius 1 is 1.13 bits per heavy atom. The lowest BCUT2D eigenvalue weighted by atomic mass is 9.97. The maximum Gasteiger partial charge on any atom is 0.234 e. The third kappa shape index (κ3) is 3.65. The van der Waals surface area contributed by atoms with Crippen LogP contribution in [-0.4, -0.2) is 31.2 Å². The number of rotatable bonds is 4. The lowest BCUT2D eigenvalue weighted by Gasteiger charge is -2.10. The van der Waals surface area contributed by atoms with Crippen LogP contribution in [0.5, 0.6) is 0 Å². The van der Waals surface area contributed by atoms with E-state index in [2.05, 4.69) is 20.5 Å². The van der Waals surface area contributed by atoms with Crippen LogP contribution < -0.4 is 5.32 Å². The molecular weight excluding hydrogens is 485 g/mol. The predicted molar refractivity (Wildman–Crippen MR) is 124 cm³/mol. The van der Waals surface area contributed by atoms with Gasteiger partial charge in [-0.1, -0.05) is 46.6 Å². The van der Waals surface area contributed by atoms with Crippen molar-refractivity contribution in [2.75, 3.05) is 11.1 Å². The van der Waals surface area contributed by atoms with E-state index in [9.17, 15) is 4.79 Å². The van der Waals surface area contributed by atoms with E-state index in [-0.39, 0.29) is 11.7 Å². The standard InChI is InChI=1S/C19H14Cl3N5OS2/c20-10-5-12(22)13(6-11(10)21)24-15(28)7-29-19-26-25-17-16-9-3-1-2-4-14(9)30-18(16)23-8-27(17)19/h5-6,8H,1-4,7H2,(H,24,28). The summed E-state index contributed by atoms with van der Waals surface area (Å²) in [6.07, 6.45) is 6.30. The highest BCUT2D eigenvalue weighted by molar-refractivity contribution is 7.99. The molecule has 0 aliphatic heterocycles. The molecule has 1 aliphatic rings. The Balaban J connectivity index is 1.37. The first-order valence-corrected chi connectivity index (χ1v) is 12.2. The van der Waals surface area contributed by atoms with E-state index in [0.717, 1.165) is 28.7 Å². The molecule has 11 heteroatoms. The number of aryl methyl sites for hydroxylation is 2. The zero-order chi connectivity index (χ0) is 20.8. The number of fused-ring (bicyclic) bond motifs is 5. The fourth-order valence-electron chi connectivity index (χ4n) is 3.57. The number of anilines is 1. The largest absolute Gasteiger partial charge is 0.324 e.